The number of ether oxygens (including phenoxy) is 4. The van der Waals surface area contributed by atoms with E-state index >= 15 is 0 Å². The molecule has 37 heavy (non-hydrogen) atoms. The van der Waals surface area contributed by atoms with E-state index in [-0.39, 0.29) is 11.8 Å². The molecule has 2 heterocycles. The maximum absolute atomic E-state index is 10.8. The van der Waals surface area contributed by atoms with Gasteiger partial charge in [0.1, 0.15) is 36.6 Å². The highest BCUT2D eigenvalue weighted by atomic mass is 16.7. The quantitative estimate of drug-likeness (QED) is 0.199. The summed E-state index contributed by atoms with van der Waals surface area (Å²) < 4.78 is 22.6. The summed E-state index contributed by atoms with van der Waals surface area (Å²) in [5, 5.41) is 60.6. The Kier molecular flexibility index (Phi) is 10.3. The van der Waals surface area contributed by atoms with Crippen molar-refractivity contribution in [3.8, 4) is 0 Å². The molecule has 3 rings (SSSR count). The van der Waals surface area contributed by atoms with Crippen molar-refractivity contribution in [1.82, 2.24) is 0 Å². The van der Waals surface area contributed by atoms with Gasteiger partial charge in [0.05, 0.1) is 25.6 Å². The SMILES string of the molecule is CC1=C(/C=C(C)/C(C)=C/OC2OC(CO)[C@@H](OC3C[C@@H](O)[C@H](O)C(CO)O3)[C@H](O)[C@H]2O)C(C)(C)CCC1. The van der Waals surface area contributed by atoms with E-state index in [1.807, 2.05) is 13.8 Å². The van der Waals surface area contributed by atoms with Crippen molar-refractivity contribution >= 4 is 0 Å². The summed E-state index contributed by atoms with van der Waals surface area (Å²) in [4.78, 5) is 0. The molecule has 0 aromatic heterocycles. The summed E-state index contributed by atoms with van der Waals surface area (Å²) in [7, 11) is 0. The maximum atomic E-state index is 10.8. The lowest BCUT2D eigenvalue weighted by Crippen LogP contribution is -2.61. The summed E-state index contributed by atoms with van der Waals surface area (Å²) in [5.41, 5.74) is 4.62. The molecule has 10 nitrogen and oxygen atoms in total. The second-order valence-corrected chi connectivity index (χ2v) is 11.1. The first kappa shape index (κ1) is 30.2. The van der Waals surface area contributed by atoms with Crippen LogP contribution in [-0.2, 0) is 18.9 Å². The third-order valence-corrected chi connectivity index (χ3v) is 7.75. The van der Waals surface area contributed by atoms with Gasteiger partial charge in [0.15, 0.2) is 6.29 Å². The zero-order valence-electron chi connectivity index (χ0n) is 22.4. The number of hydrogen-bond acceptors (Lipinski definition) is 10. The Morgan fingerprint density at radius 2 is 1.65 bits per heavy atom. The smallest absolute Gasteiger partial charge is 0.228 e. The molecule has 9 atom stereocenters. The molecule has 212 valence electrons. The average Bonchev–Trinajstić information content (AvgIpc) is 2.85. The fourth-order valence-electron chi connectivity index (χ4n) is 5.22. The molecule has 0 spiro atoms. The molecule has 0 aromatic rings. The van der Waals surface area contributed by atoms with Gasteiger partial charge in [-0.15, -0.1) is 0 Å². The van der Waals surface area contributed by atoms with Crippen LogP contribution in [-0.4, -0.2) is 99.2 Å². The Morgan fingerprint density at radius 1 is 0.973 bits per heavy atom. The number of rotatable bonds is 8. The van der Waals surface area contributed by atoms with Crippen LogP contribution in [0.2, 0.25) is 0 Å². The van der Waals surface area contributed by atoms with Crippen LogP contribution < -0.4 is 0 Å². The van der Waals surface area contributed by atoms with Crippen LogP contribution in [0.15, 0.2) is 34.6 Å². The number of hydrogen-bond donors (Lipinski definition) is 6. The predicted octanol–water partition coefficient (Wildman–Crippen LogP) is 1.03. The van der Waals surface area contributed by atoms with Gasteiger partial charge in [-0.1, -0.05) is 25.5 Å². The molecule has 2 saturated heterocycles. The van der Waals surface area contributed by atoms with Gasteiger partial charge in [-0.25, -0.2) is 0 Å². The van der Waals surface area contributed by atoms with Crippen molar-refractivity contribution in [2.45, 2.75) is 116 Å². The van der Waals surface area contributed by atoms with Gasteiger partial charge in [-0.05, 0) is 62.2 Å². The maximum Gasteiger partial charge on any atom is 0.228 e. The standard InChI is InChI=1S/C27H44O10/c1-14-7-6-8-27(4,5)17(14)9-15(2)16(3)13-34-26-24(33)23(32)25(20(12-29)36-26)37-21-10-18(30)22(31)19(11-28)35-21/h9,13,18-26,28-33H,6-8,10-12H2,1-5H3/b15-9+,16-13+/t18-,19?,20?,21?,22+,23-,24-,25-,26?/m1/s1. The highest BCUT2D eigenvalue weighted by Crippen LogP contribution is 2.41. The van der Waals surface area contributed by atoms with E-state index in [1.54, 1.807) is 0 Å². The average molecular weight is 529 g/mol. The molecule has 1 aliphatic carbocycles. The van der Waals surface area contributed by atoms with Crippen LogP contribution in [0.5, 0.6) is 0 Å². The zero-order valence-corrected chi connectivity index (χ0v) is 22.4. The Hall–Kier alpha value is -1.34. The van der Waals surface area contributed by atoms with E-state index in [2.05, 4.69) is 26.8 Å². The molecule has 6 N–H and O–H groups in total. The lowest BCUT2D eigenvalue weighted by Gasteiger charge is -2.44. The summed E-state index contributed by atoms with van der Waals surface area (Å²) in [6, 6.07) is 0. The van der Waals surface area contributed by atoms with E-state index in [4.69, 9.17) is 18.9 Å². The van der Waals surface area contributed by atoms with E-state index in [0.29, 0.717) is 0 Å². The zero-order chi connectivity index (χ0) is 27.5. The molecule has 0 aromatic carbocycles. The lowest BCUT2D eigenvalue weighted by molar-refractivity contribution is -0.336. The topological polar surface area (TPSA) is 158 Å². The number of allylic oxidation sites excluding steroid dienone is 5. The monoisotopic (exact) mass is 528 g/mol. The molecule has 2 aliphatic heterocycles. The molecule has 2 fully saturated rings. The summed E-state index contributed by atoms with van der Waals surface area (Å²) in [6.45, 7) is 9.45. The molecular weight excluding hydrogens is 484 g/mol. The van der Waals surface area contributed by atoms with Crippen molar-refractivity contribution in [3.05, 3.63) is 34.6 Å². The third kappa shape index (κ3) is 7.00. The number of aliphatic hydroxyl groups is 6. The fourth-order valence-corrected chi connectivity index (χ4v) is 5.22. The van der Waals surface area contributed by atoms with Crippen LogP contribution in [0, 0.1) is 5.41 Å². The summed E-state index contributed by atoms with van der Waals surface area (Å²) in [6.07, 6.45) is -4.31. The molecule has 0 radical (unpaired) electrons. The first-order valence-corrected chi connectivity index (χ1v) is 13.0. The Balaban J connectivity index is 1.67. The molecule has 4 unspecified atom stereocenters. The minimum Gasteiger partial charge on any atom is -0.469 e. The number of aliphatic hydroxyl groups excluding tert-OH is 6. The van der Waals surface area contributed by atoms with Gasteiger partial charge in [-0.3, -0.25) is 0 Å². The second kappa shape index (κ2) is 12.7. The largest absolute Gasteiger partial charge is 0.469 e. The van der Waals surface area contributed by atoms with Gasteiger partial charge < -0.3 is 49.6 Å². The van der Waals surface area contributed by atoms with Crippen LogP contribution in [0.4, 0.5) is 0 Å². The third-order valence-electron chi connectivity index (χ3n) is 7.75. The van der Waals surface area contributed by atoms with Gasteiger partial charge in [0.2, 0.25) is 6.29 Å². The van der Waals surface area contributed by atoms with Crippen molar-refractivity contribution in [2.24, 2.45) is 5.41 Å². The van der Waals surface area contributed by atoms with E-state index < -0.39 is 68.5 Å². The van der Waals surface area contributed by atoms with Gasteiger partial charge in [-0.2, -0.15) is 0 Å². The van der Waals surface area contributed by atoms with Crippen LogP contribution >= 0.6 is 0 Å². The Morgan fingerprint density at radius 3 is 2.27 bits per heavy atom. The molecule has 0 amide bonds. The van der Waals surface area contributed by atoms with Crippen LogP contribution in [0.1, 0.15) is 60.3 Å². The predicted molar refractivity (Wildman–Crippen MR) is 134 cm³/mol. The minimum atomic E-state index is -1.50. The van der Waals surface area contributed by atoms with Gasteiger partial charge >= 0.3 is 0 Å². The highest BCUT2D eigenvalue weighted by Gasteiger charge is 2.48. The second-order valence-electron chi connectivity index (χ2n) is 11.1. The minimum absolute atomic E-state index is 0.0915. The molecular formula is C27H44O10. The van der Waals surface area contributed by atoms with E-state index in [1.165, 1.54) is 23.8 Å². The molecule has 0 bridgehead atoms. The van der Waals surface area contributed by atoms with Gasteiger partial charge in [0, 0.05) is 6.42 Å². The van der Waals surface area contributed by atoms with E-state index in [0.717, 1.165) is 24.0 Å². The molecule has 10 heteroatoms. The summed E-state index contributed by atoms with van der Waals surface area (Å²) >= 11 is 0. The summed E-state index contributed by atoms with van der Waals surface area (Å²) in [5.74, 6) is 0. The first-order valence-electron chi connectivity index (χ1n) is 13.0. The van der Waals surface area contributed by atoms with Gasteiger partial charge in [0.25, 0.3) is 0 Å². The normalized spacial score (nSPS) is 39.6. The van der Waals surface area contributed by atoms with Crippen molar-refractivity contribution < 1.29 is 49.6 Å². The first-order chi connectivity index (χ1) is 17.4. The molecule has 0 saturated carbocycles. The fraction of sp³-hybridized carbons (Fsp3) is 0.778. The Bertz CT molecular complexity index is 863. The van der Waals surface area contributed by atoms with Crippen molar-refractivity contribution in [3.63, 3.8) is 0 Å². The molecule has 3 aliphatic rings. The highest BCUT2D eigenvalue weighted by molar-refractivity contribution is 5.40. The van der Waals surface area contributed by atoms with Crippen molar-refractivity contribution in [2.75, 3.05) is 13.2 Å². The lowest BCUT2D eigenvalue weighted by atomic mass is 9.72. The van der Waals surface area contributed by atoms with E-state index in [9.17, 15) is 30.6 Å². The van der Waals surface area contributed by atoms with Crippen LogP contribution in [0.25, 0.3) is 0 Å². The van der Waals surface area contributed by atoms with Crippen molar-refractivity contribution in [1.29, 1.82) is 0 Å². The van der Waals surface area contributed by atoms with Crippen LogP contribution in [0.3, 0.4) is 0 Å². The Labute approximate surface area is 218 Å².